The number of anilines is 1. The van der Waals surface area contributed by atoms with E-state index < -0.39 is 0 Å². The highest BCUT2D eigenvalue weighted by atomic mass is 16.3. The first-order valence-corrected chi connectivity index (χ1v) is 8.13. The smallest absolute Gasteiger partial charge is 0.223 e. The van der Waals surface area contributed by atoms with Crippen LogP contribution >= 0.6 is 0 Å². The number of nitrogens with zero attached hydrogens (tertiary/aromatic N) is 3. The van der Waals surface area contributed by atoms with Crippen molar-refractivity contribution in [3.8, 4) is 0 Å². The van der Waals surface area contributed by atoms with Gasteiger partial charge in [-0.3, -0.25) is 4.79 Å². The molecule has 6 heteroatoms. The predicted molar refractivity (Wildman–Crippen MR) is 89.2 cm³/mol. The SMILES string of the molecule is O=C(NCCCO)C1CCN(c2ncnc3ccccc23)CC1. The van der Waals surface area contributed by atoms with Crippen LogP contribution in [0.15, 0.2) is 30.6 Å². The number of aliphatic hydroxyl groups excluding tert-OH is 1. The van der Waals surface area contributed by atoms with Crippen molar-refractivity contribution in [3.05, 3.63) is 30.6 Å². The van der Waals surface area contributed by atoms with Crippen LogP contribution < -0.4 is 10.2 Å². The third-order valence-corrected chi connectivity index (χ3v) is 4.32. The van der Waals surface area contributed by atoms with E-state index in [1.807, 2.05) is 24.3 Å². The minimum absolute atomic E-state index is 0.0537. The quantitative estimate of drug-likeness (QED) is 0.815. The fourth-order valence-corrected chi connectivity index (χ4v) is 3.03. The second kappa shape index (κ2) is 7.37. The lowest BCUT2D eigenvalue weighted by molar-refractivity contribution is -0.125. The molecule has 0 unspecified atom stereocenters. The van der Waals surface area contributed by atoms with Gasteiger partial charge in [-0.05, 0) is 31.4 Å². The Kier molecular flexibility index (Phi) is 5.02. The van der Waals surface area contributed by atoms with Crippen LogP contribution in [-0.4, -0.2) is 47.2 Å². The number of rotatable bonds is 5. The number of para-hydroxylation sites is 1. The summed E-state index contributed by atoms with van der Waals surface area (Å²) >= 11 is 0. The molecule has 122 valence electrons. The number of carbonyl (C=O) groups is 1. The van der Waals surface area contributed by atoms with Crippen molar-refractivity contribution in [1.29, 1.82) is 0 Å². The van der Waals surface area contributed by atoms with Crippen molar-refractivity contribution in [2.45, 2.75) is 19.3 Å². The molecule has 0 radical (unpaired) electrons. The van der Waals surface area contributed by atoms with E-state index >= 15 is 0 Å². The van der Waals surface area contributed by atoms with E-state index in [4.69, 9.17) is 5.11 Å². The fraction of sp³-hybridized carbons (Fsp3) is 0.471. The molecular formula is C17H22N4O2. The van der Waals surface area contributed by atoms with Gasteiger partial charge in [-0.1, -0.05) is 12.1 Å². The molecule has 0 aliphatic carbocycles. The van der Waals surface area contributed by atoms with Gasteiger partial charge in [0.05, 0.1) is 5.52 Å². The molecule has 0 spiro atoms. The second-order valence-electron chi connectivity index (χ2n) is 5.84. The summed E-state index contributed by atoms with van der Waals surface area (Å²) in [6.45, 7) is 2.30. The van der Waals surface area contributed by atoms with Gasteiger partial charge in [-0.25, -0.2) is 9.97 Å². The van der Waals surface area contributed by atoms with Gasteiger partial charge in [0.15, 0.2) is 0 Å². The predicted octanol–water partition coefficient (Wildman–Crippen LogP) is 1.34. The third kappa shape index (κ3) is 3.59. The lowest BCUT2D eigenvalue weighted by Crippen LogP contribution is -2.41. The summed E-state index contributed by atoms with van der Waals surface area (Å²) in [7, 11) is 0. The molecule has 1 aromatic carbocycles. The van der Waals surface area contributed by atoms with Crippen molar-refractivity contribution in [1.82, 2.24) is 15.3 Å². The molecular weight excluding hydrogens is 292 g/mol. The maximum Gasteiger partial charge on any atom is 0.223 e. The highest BCUT2D eigenvalue weighted by Gasteiger charge is 2.26. The number of nitrogens with one attached hydrogen (secondary N) is 1. The molecule has 6 nitrogen and oxygen atoms in total. The van der Waals surface area contributed by atoms with E-state index in [9.17, 15) is 4.79 Å². The summed E-state index contributed by atoms with van der Waals surface area (Å²) in [5.41, 5.74) is 0.946. The summed E-state index contributed by atoms with van der Waals surface area (Å²) in [6.07, 6.45) is 3.86. The van der Waals surface area contributed by atoms with E-state index in [0.717, 1.165) is 42.7 Å². The van der Waals surface area contributed by atoms with Gasteiger partial charge in [0.1, 0.15) is 12.1 Å². The van der Waals surface area contributed by atoms with E-state index in [2.05, 4.69) is 20.2 Å². The normalized spacial score (nSPS) is 15.8. The Balaban J connectivity index is 1.63. The van der Waals surface area contributed by atoms with Crippen LogP contribution in [0, 0.1) is 5.92 Å². The molecule has 1 fully saturated rings. The molecule has 0 atom stereocenters. The zero-order chi connectivity index (χ0) is 16.1. The van der Waals surface area contributed by atoms with Gasteiger partial charge in [-0.2, -0.15) is 0 Å². The van der Waals surface area contributed by atoms with Crippen molar-refractivity contribution in [3.63, 3.8) is 0 Å². The van der Waals surface area contributed by atoms with Crippen LogP contribution in [-0.2, 0) is 4.79 Å². The van der Waals surface area contributed by atoms with Crippen LogP contribution in [0.1, 0.15) is 19.3 Å². The number of hydrogen-bond donors (Lipinski definition) is 2. The number of aromatic nitrogens is 2. The second-order valence-corrected chi connectivity index (χ2v) is 5.84. The monoisotopic (exact) mass is 314 g/mol. The number of carbonyl (C=O) groups excluding carboxylic acids is 1. The highest BCUT2D eigenvalue weighted by Crippen LogP contribution is 2.27. The molecule has 1 aromatic heterocycles. The van der Waals surface area contributed by atoms with E-state index in [1.54, 1.807) is 6.33 Å². The van der Waals surface area contributed by atoms with Gasteiger partial charge in [0, 0.05) is 37.5 Å². The summed E-state index contributed by atoms with van der Waals surface area (Å²) < 4.78 is 0. The number of fused-ring (bicyclic) bond motifs is 1. The highest BCUT2D eigenvalue weighted by molar-refractivity contribution is 5.89. The molecule has 2 aromatic rings. The van der Waals surface area contributed by atoms with Crippen LogP contribution in [0.3, 0.4) is 0 Å². The molecule has 1 aliphatic rings. The summed E-state index contributed by atoms with van der Waals surface area (Å²) in [5, 5.41) is 12.7. The molecule has 0 bridgehead atoms. The Morgan fingerprint density at radius 2 is 2.04 bits per heavy atom. The van der Waals surface area contributed by atoms with Crippen LogP contribution in [0.2, 0.25) is 0 Å². The first kappa shape index (κ1) is 15.7. The Bertz CT molecular complexity index is 663. The van der Waals surface area contributed by atoms with Gasteiger partial charge in [0.25, 0.3) is 0 Å². The van der Waals surface area contributed by atoms with Gasteiger partial charge >= 0.3 is 0 Å². The van der Waals surface area contributed by atoms with E-state index in [1.165, 1.54) is 0 Å². The van der Waals surface area contributed by atoms with Crippen LogP contribution in [0.25, 0.3) is 10.9 Å². The molecule has 1 saturated heterocycles. The summed E-state index contributed by atoms with van der Waals surface area (Å²) in [4.78, 5) is 23.1. The molecule has 1 aliphatic heterocycles. The van der Waals surface area contributed by atoms with Crippen molar-refractivity contribution in [2.24, 2.45) is 5.92 Å². The van der Waals surface area contributed by atoms with Crippen molar-refractivity contribution in [2.75, 3.05) is 31.1 Å². The van der Waals surface area contributed by atoms with Gasteiger partial charge in [-0.15, -0.1) is 0 Å². The lowest BCUT2D eigenvalue weighted by atomic mass is 9.95. The fourth-order valence-electron chi connectivity index (χ4n) is 3.03. The summed E-state index contributed by atoms with van der Waals surface area (Å²) in [5.74, 6) is 1.11. The average Bonchev–Trinajstić information content (AvgIpc) is 2.61. The number of piperidine rings is 1. The first-order valence-electron chi connectivity index (χ1n) is 8.13. The van der Waals surface area contributed by atoms with Crippen LogP contribution in [0.4, 0.5) is 5.82 Å². The zero-order valence-corrected chi connectivity index (χ0v) is 13.1. The molecule has 23 heavy (non-hydrogen) atoms. The maximum atomic E-state index is 12.1. The standard InChI is InChI=1S/C17H22N4O2/c22-11-3-8-18-17(23)13-6-9-21(10-7-13)16-14-4-1-2-5-15(14)19-12-20-16/h1-2,4-5,12-13,22H,3,6-11H2,(H,18,23). The van der Waals surface area contributed by atoms with Crippen molar-refractivity contribution < 1.29 is 9.90 Å². The van der Waals surface area contributed by atoms with Gasteiger partial charge in [0.2, 0.25) is 5.91 Å². The van der Waals surface area contributed by atoms with E-state index in [-0.39, 0.29) is 18.4 Å². The molecule has 2 heterocycles. The Morgan fingerprint density at radius 1 is 1.26 bits per heavy atom. The minimum Gasteiger partial charge on any atom is -0.396 e. The van der Waals surface area contributed by atoms with Gasteiger partial charge < -0.3 is 15.3 Å². The largest absolute Gasteiger partial charge is 0.396 e. The number of benzene rings is 1. The number of hydrogen-bond acceptors (Lipinski definition) is 5. The molecule has 0 saturated carbocycles. The van der Waals surface area contributed by atoms with Crippen molar-refractivity contribution >= 4 is 22.6 Å². The maximum absolute atomic E-state index is 12.1. The topological polar surface area (TPSA) is 78.4 Å². The Labute approximate surface area is 135 Å². The molecule has 2 N–H and O–H groups in total. The summed E-state index contributed by atoms with van der Waals surface area (Å²) in [6, 6.07) is 8.00. The molecule has 1 amide bonds. The average molecular weight is 314 g/mol. The minimum atomic E-state index is 0.0537. The Hall–Kier alpha value is -2.21. The third-order valence-electron chi connectivity index (χ3n) is 4.32. The molecule has 3 rings (SSSR count). The lowest BCUT2D eigenvalue weighted by Gasteiger charge is -2.32. The van der Waals surface area contributed by atoms with E-state index in [0.29, 0.717) is 13.0 Å². The van der Waals surface area contributed by atoms with Crippen LogP contribution in [0.5, 0.6) is 0 Å². The first-order chi connectivity index (χ1) is 11.3. The number of aliphatic hydroxyl groups is 1. The number of amides is 1. The Morgan fingerprint density at radius 3 is 2.83 bits per heavy atom. The zero-order valence-electron chi connectivity index (χ0n) is 13.1.